The van der Waals surface area contributed by atoms with Crippen molar-refractivity contribution in [1.82, 2.24) is 0 Å². The number of carbonyl (C=O) groups is 1. The highest BCUT2D eigenvalue weighted by atomic mass is 16.1. The van der Waals surface area contributed by atoms with Crippen molar-refractivity contribution in [2.24, 2.45) is 11.8 Å². The Morgan fingerprint density at radius 2 is 1.48 bits per heavy atom. The summed E-state index contributed by atoms with van der Waals surface area (Å²) in [4.78, 5) is 12.6. The number of hydrogen-bond donors (Lipinski definition) is 0. The van der Waals surface area contributed by atoms with E-state index in [0.29, 0.717) is 11.7 Å². The molecule has 0 spiro atoms. The summed E-state index contributed by atoms with van der Waals surface area (Å²) in [7, 11) is 0. The second-order valence-electron chi connectivity index (χ2n) is 7.13. The zero-order valence-corrected chi connectivity index (χ0v) is 14.7. The van der Waals surface area contributed by atoms with Crippen molar-refractivity contribution in [3.05, 3.63) is 0 Å². The first-order chi connectivity index (χ1) is 10.3. The lowest BCUT2D eigenvalue weighted by Crippen LogP contribution is -2.25. The van der Waals surface area contributed by atoms with Gasteiger partial charge in [0.15, 0.2) is 0 Å². The summed E-state index contributed by atoms with van der Waals surface area (Å²) >= 11 is 0. The van der Waals surface area contributed by atoms with Crippen molar-refractivity contribution in [1.29, 1.82) is 0 Å². The van der Waals surface area contributed by atoms with Gasteiger partial charge in [0, 0.05) is 12.3 Å². The maximum absolute atomic E-state index is 12.6. The van der Waals surface area contributed by atoms with Crippen LogP contribution in [0, 0.1) is 11.8 Å². The summed E-state index contributed by atoms with van der Waals surface area (Å²) in [6, 6.07) is 0. The first kappa shape index (κ1) is 18.7. The lowest BCUT2D eigenvalue weighted by atomic mass is 9.75. The lowest BCUT2D eigenvalue weighted by molar-refractivity contribution is -0.125. The minimum absolute atomic E-state index is 0.399. The van der Waals surface area contributed by atoms with Gasteiger partial charge in [0.2, 0.25) is 0 Å². The molecule has 1 nitrogen and oxygen atoms in total. The van der Waals surface area contributed by atoms with Crippen molar-refractivity contribution < 1.29 is 4.79 Å². The van der Waals surface area contributed by atoms with Crippen molar-refractivity contribution >= 4 is 5.78 Å². The Bertz CT molecular complexity index is 253. The SMILES string of the molecule is CCCCCCCCCC(=O)C(CCC)C1CCCCC1. The molecule has 0 aliphatic heterocycles. The van der Waals surface area contributed by atoms with Gasteiger partial charge >= 0.3 is 0 Å². The topological polar surface area (TPSA) is 17.1 Å². The molecule has 1 aliphatic carbocycles. The average molecular weight is 295 g/mol. The highest BCUT2D eigenvalue weighted by Gasteiger charge is 2.27. The van der Waals surface area contributed by atoms with E-state index in [1.54, 1.807) is 0 Å². The molecule has 0 aromatic carbocycles. The quantitative estimate of drug-likeness (QED) is 0.366. The van der Waals surface area contributed by atoms with Crippen molar-refractivity contribution in [3.63, 3.8) is 0 Å². The van der Waals surface area contributed by atoms with Crippen LogP contribution in [0.5, 0.6) is 0 Å². The fraction of sp³-hybridized carbons (Fsp3) is 0.950. The molecule has 1 fully saturated rings. The van der Waals surface area contributed by atoms with Gasteiger partial charge in [-0.05, 0) is 31.6 Å². The number of hydrogen-bond acceptors (Lipinski definition) is 1. The van der Waals surface area contributed by atoms with Gasteiger partial charge in [0.1, 0.15) is 5.78 Å². The summed E-state index contributed by atoms with van der Waals surface area (Å²) in [5.74, 6) is 1.71. The number of unbranched alkanes of at least 4 members (excludes halogenated alkanes) is 6. The summed E-state index contributed by atoms with van der Waals surface area (Å²) in [6.45, 7) is 4.49. The Balaban J connectivity index is 2.19. The van der Waals surface area contributed by atoms with E-state index in [1.807, 2.05) is 0 Å². The molecule has 0 amide bonds. The first-order valence-corrected chi connectivity index (χ1v) is 9.82. The zero-order chi connectivity index (χ0) is 15.3. The van der Waals surface area contributed by atoms with Gasteiger partial charge in [0.25, 0.3) is 0 Å². The number of ketones is 1. The fourth-order valence-corrected chi connectivity index (χ4v) is 3.95. The van der Waals surface area contributed by atoms with Crippen LogP contribution in [0.4, 0.5) is 0 Å². The first-order valence-electron chi connectivity index (χ1n) is 9.82. The number of carbonyl (C=O) groups excluding carboxylic acids is 1. The zero-order valence-electron chi connectivity index (χ0n) is 14.7. The molecule has 21 heavy (non-hydrogen) atoms. The van der Waals surface area contributed by atoms with Gasteiger partial charge in [-0.1, -0.05) is 78.1 Å². The van der Waals surface area contributed by atoms with Crippen LogP contribution in [-0.4, -0.2) is 5.78 Å². The van der Waals surface area contributed by atoms with Crippen LogP contribution in [0.2, 0.25) is 0 Å². The van der Waals surface area contributed by atoms with E-state index < -0.39 is 0 Å². The van der Waals surface area contributed by atoms with Gasteiger partial charge in [-0.2, -0.15) is 0 Å². The van der Waals surface area contributed by atoms with Gasteiger partial charge in [0.05, 0.1) is 0 Å². The van der Waals surface area contributed by atoms with Crippen LogP contribution in [-0.2, 0) is 4.79 Å². The third kappa shape index (κ3) is 8.02. The summed E-state index contributed by atoms with van der Waals surface area (Å²) in [5.41, 5.74) is 0. The molecule has 1 saturated carbocycles. The van der Waals surface area contributed by atoms with E-state index >= 15 is 0 Å². The van der Waals surface area contributed by atoms with Crippen LogP contribution in [0.25, 0.3) is 0 Å². The van der Waals surface area contributed by atoms with Crippen LogP contribution in [0.3, 0.4) is 0 Å². The monoisotopic (exact) mass is 294 g/mol. The molecule has 0 heterocycles. The second-order valence-corrected chi connectivity index (χ2v) is 7.13. The third-order valence-corrected chi connectivity index (χ3v) is 5.26. The molecule has 0 aromatic rings. The summed E-state index contributed by atoms with van der Waals surface area (Å²) in [5, 5.41) is 0. The molecule has 0 radical (unpaired) electrons. The minimum Gasteiger partial charge on any atom is -0.299 e. The van der Waals surface area contributed by atoms with Crippen molar-refractivity contribution in [2.75, 3.05) is 0 Å². The van der Waals surface area contributed by atoms with Gasteiger partial charge in [-0.3, -0.25) is 4.79 Å². The highest BCUT2D eigenvalue weighted by Crippen LogP contribution is 2.33. The molecule has 1 unspecified atom stereocenters. The van der Waals surface area contributed by atoms with Crippen LogP contribution in [0.1, 0.15) is 110 Å². The standard InChI is InChI=1S/C20H38O/c1-3-5-6-7-8-9-13-17-20(21)19(14-4-2)18-15-11-10-12-16-18/h18-19H,3-17H2,1-2H3. The maximum atomic E-state index is 12.6. The van der Waals surface area contributed by atoms with E-state index in [-0.39, 0.29) is 0 Å². The molecule has 1 heteroatoms. The van der Waals surface area contributed by atoms with E-state index in [2.05, 4.69) is 13.8 Å². The van der Waals surface area contributed by atoms with Crippen molar-refractivity contribution in [3.8, 4) is 0 Å². The Morgan fingerprint density at radius 3 is 2.10 bits per heavy atom. The smallest absolute Gasteiger partial charge is 0.136 e. The van der Waals surface area contributed by atoms with Gasteiger partial charge in [-0.25, -0.2) is 0 Å². The second kappa shape index (κ2) is 12.2. The molecule has 1 aliphatic rings. The van der Waals surface area contributed by atoms with Crippen LogP contribution < -0.4 is 0 Å². The number of Topliss-reactive ketones (excluding diaryl/α,β-unsaturated/α-hetero) is 1. The van der Waals surface area contributed by atoms with E-state index in [4.69, 9.17) is 0 Å². The van der Waals surface area contributed by atoms with Gasteiger partial charge in [-0.15, -0.1) is 0 Å². The highest BCUT2D eigenvalue weighted by molar-refractivity contribution is 5.81. The molecule has 1 rings (SSSR count). The average Bonchev–Trinajstić information content (AvgIpc) is 2.52. The van der Waals surface area contributed by atoms with Crippen LogP contribution >= 0.6 is 0 Å². The molecular weight excluding hydrogens is 256 g/mol. The molecule has 0 bridgehead atoms. The molecule has 0 N–H and O–H groups in total. The summed E-state index contributed by atoms with van der Waals surface area (Å²) in [6.07, 6.45) is 19.1. The van der Waals surface area contributed by atoms with E-state index in [0.717, 1.165) is 25.2 Å². The Labute approximate surface area is 133 Å². The van der Waals surface area contributed by atoms with E-state index in [9.17, 15) is 4.79 Å². The molecule has 124 valence electrons. The maximum Gasteiger partial charge on any atom is 0.136 e. The molecule has 0 saturated heterocycles. The Kier molecular flexibility index (Phi) is 10.9. The number of rotatable bonds is 12. The molecule has 1 atom stereocenters. The van der Waals surface area contributed by atoms with Crippen molar-refractivity contribution in [2.45, 2.75) is 110 Å². The van der Waals surface area contributed by atoms with E-state index in [1.165, 1.54) is 77.0 Å². The van der Waals surface area contributed by atoms with Gasteiger partial charge < -0.3 is 0 Å². The lowest BCUT2D eigenvalue weighted by Gasteiger charge is -2.29. The molecular formula is C20H38O. The minimum atomic E-state index is 0.399. The van der Waals surface area contributed by atoms with Crippen LogP contribution in [0.15, 0.2) is 0 Å². The normalized spacial score (nSPS) is 17.8. The summed E-state index contributed by atoms with van der Waals surface area (Å²) < 4.78 is 0. The largest absolute Gasteiger partial charge is 0.299 e. The fourth-order valence-electron chi connectivity index (χ4n) is 3.95. The predicted octanol–water partition coefficient (Wildman–Crippen LogP) is 6.69. The Morgan fingerprint density at radius 1 is 0.857 bits per heavy atom. The molecule has 0 aromatic heterocycles. The Hall–Kier alpha value is -0.330. The third-order valence-electron chi connectivity index (χ3n) is 5.26. The predicted molar refractivity (Wildman–Crippen MR) is 92.6 cm³/mol.